The lowest BCUT2D eigenvalue weighted by molar-refractivity contribution is -0.153. The van der Waals surface area contributed by atoms with Crippen LogP contribution in [0.5, 0.6) is 0 Å². The summed E-state index contributed by atoms with van der Waals surface area (Å²) in [6, 6.07) is 14.5. The van der Waals surface area contributed by atoms with Crippen LogP contribution in [0.1, 0.15) is 112 Å². The number of esters is 1. The number of nitrogens with zero attached hydrogens (tertiary/aromatic N) is 1. The highest BCUT2D eigenvalue weighted by Gasteiger charge is 2.46. The molecule has 0 aliphatic carbocycles. The van der Waals surface area contributed by atoms with Crippen LogP contribution in [0.15, 0.2) is 60.7 Å². The first-order chi connectivity index (χ1) is 30.4. The minimum Gasteiger partial charge on any atom is -0.467 e. The van der Waals surface area contributed by atoms with Crippen molar-refractivity contribution in [3.05, 3.63) is 71.8 Å². The number of likely N-dealkylation sites (tertiary alicyclic amines) is 1. The largest absolute Gasteiger partial charge is 0.467 e. The molecule has 3 rings (SSSR count). The molecule has 1 aliphatic rings. The molecule has 0 aromatic heterocycles. The number of amides is 6. The van der Waals surface area contributed by atoms with Crippen molar-refractivity contribution in [1.29, 1.82) is 0 Å². The quantitative estimate of drug-likeness (QED) is 0.0631. The number of carbonyl (C=O) groups excluding carboxylic acids is 7. The van der Waals surface area contributed by atoms with Crippen LogP contribution < -0.4 is 26.6 Å². The molecule has 0 bridgehead atoms. The van der Waals surface area contributed by atoms with Gasteiger partial charge >= 0.3 is 24.2 Å². The van der Waals surface area contributed by atoms with E-state index in [0.717, 1.165) is 5.56 Å². The summed E-state index contributed by atoms with van der Waals surface area (Å²) in [7, 11) is 1.21. The Morgan fingerprint density at radius 3 is 1.75 bits per heavy atom. The van der Waals surface area contributed by atoms with Crippen LogP contribution >= 0.6 is 0 Å². The molecule has 65 heavy (non-hydrogen) atoms. The summed E-state index contributed by atoms with van der Waals surface area (Å²) in [5.41, 5.74) is -2.46. The Labute approximate surface area is 383 Å². The first kappa shape index (κ1) is 53.0. The van der Waals surface area contributed by atoms with Gasteiger partial charge in [0.25, 0.3) is 0 Å². The fourth-order valence-electron chi connectivity index (χ4n) is 6.68. The molecule has 0 saturated carbocycles. The molecule has 0 unspecified atom stereocenters. The first-order valence-electron chi connectivity index (χ1n) is 21.9. The molecule has 3 atom stereocenters. The van der Waals surface area contributed by atoms with Crippen molar-refractivity contribution in [2.75, 3.05) is 26.7 Å². The summed E-state index contributed by atoms with van der Waals surface area (Å²) in [6.45, 7) is 15.7. The van der Waals surface area contributed by atoms with Gasteiger partial charge in [-0.3, -0.25) is 14.4 Å². The van der Waals surface area contributed by atoms with E-state index in [9.17, 15) is 33.6 Å². The smallest absolute Gasteiger partial charge is 0.408 e. The number of hydrogen-bond donors (Lipinski definition) is 5. The monoisotopic (exact) mass is 904 g/mol. The highest BCUT2D eigenvalue weighted by Crippen LogP contribution is 2.26. The molecule has 1 fully saturated rings. The minimum absolute atomic E-state index is 0.00760. The molecule has 0 spiro atoms. The molecule has 1 aliphatic heterocycles. The number of methoxy groups -OCH3 is 1. The molecule has 1 heterocycles. The topological polar surface area (TPSA) is 220 Å². The third kappa shape index (κ3) is 19.5. The van der Waals surface area contributed by atoms with Gasteiger partial charge in [-0.05, 0) is 112 Å². The molecule has 2 aromatic carbocycles. The van der Waals surface area contributed by atoms with E-state index in [1.54, 1.807) is 98.7 Å². The minimum atomic E-state index is -1.48. The number of ether oxygens (including phenoxy) is 4. The van der Waals surface area contributed by atoms with E-state index >= 15 is 0 Å². The molecular formula is C48H68N6O11. The first-order valence-corrected chi connectivity index (χ1v) is 21.9. The third-order valence-corrected chi connectivity index (χ3v) is 9.68. The van der Waals surface area contributed by atoms with Crippen molar-refractivity contribution in [3.8, 4) is 11.8 Å². The van der Waals surface area contributed by atoms with Gasteiger partial charge in [-0.2, -0.15) is 0 Å². The Hall–Kier alpha value is -6.31. The van der Waals surface area contributed by atoms with E-state index in [2.05, 4.69) is 38.4 Å². The highest BCUT2D eigenvalue weighted by molar-refractivity contribution is 5.94. The fourth-order valence-corrected chi connectivity index (χ4v) is 6.68. The molecule has 17 heteroatoms. The summed E-state index contributed by atoms with van der Waals surface area (Å²) in [5.74, 6) is 3.42. The predicted octanol–water partition coefficient (Wildman–Crippen LogP) is 5.29. The van der Waals surface area contributed by atoms with Crippen LogP contribution in [0.4, 0.5) is 14.4 Å². The summed E-state index contributed by atoms with van der Waals surface area (Å²) < 4.78 is 21.3. The lowest BCUT2D eigenvalue weighted by Crippen LogP contribution is -2.63. The van der Waals surface area contributed by atoms with Crippen LogP contribution in [0.3, 0.4) is 0 Å². The SMILES string of the molecule is COC(=O)C1(NC(=O)OC(C)(C)C)CCN(C(=O)[C@@H](CCCCNC(=O)OC(C)(C)C)NC(=O)[C@@H](CC#Cc2ccccc2)NC(=O)[C@@H](Cc2ccccc2)NC(=O)OC(C)(C)C)CC1. The van der Waals surface area contributed by atoms with Crippen molar-refractivity contribution in [3.63, 3.8) is 0 Å². The molecule has 0 radical (unpaired) electrons. The zero-order chi connectivity index (χ0) is 48.4. The average molecular weight is 905 g/mol. The Balaban J connectivity index is 1.92. The second-order valence-electron chi connectivity index (χ2n) is 18.8. The van der Waals surface area contributed by atoms with Crippen LogP contribution in [0, 0.1) is 11.8 Å². The van der Waals surface area contributed by atoms with E-state index in [1.165, 1.54) is 12.0 Å². The van der Waals surface area contributed by atoms with E-state index in [0.29, 0.717) is 18.4 Å². The van der Waals surface area contributed by atoms with E-state index < -0.39 is 82.4 Å². The number of alkyl carbamates (subject to hydrolysis) is 3. The number of benzene rings is 2. The van der Waals surface area contributed by atoms with Crippen LogP contribution in [-0.2, 0) is 44.5 Å². The maximum absolute atomic E-state index is 14.4. The van der Waals surface area contributed by atoms with Gasteiger partial charge in [0.2, 0.25) is 17.7 Å². The molecule has 5 N–H and O–H groups in total. The molecular weight excluding hydrogens is 837 g/mol. The number of hydrogen-bond acceptors (Lipinski definition) is 11. The van der Waals surface area contributed by atoms with Gasteiger partial charge in [0.1, 0.15) is 40.5 Å². The maximum atomic E-state index is 14.4. The van der Waals surface area contributed by atoms with Crippen molar-refractivity contribution < 1.29 is 52.5 Å². The molecule has 1 saturated heterocycles. The normalized spacial score (nSPS) is 15.0. The maximum Gasteiger partial charge on any atom is 0.408 e. The third-order valence-electron chi connectivity index (χ3n) is 9.68. The van der Waals surface area contributed by atoms with Gasteiger partial charge in [-0.1, -0.05) is 60.4 Å². The average Bonchev–Trinajstić information content (AvgIpc) is 3.20. The fraction of sp³-hybridized carbons (Fsp3) is 0.562. The Morgan fingerprint density at radius 2 is 1.18 bits per heavy atom. The Bertz CT molecular complexity index is 1990. The van der Waals surface area contributed by atoms with Crippen molar-refractivity contribution in [1.82, 2.24) is 31.5 Å². The number of nitrogens with one attached hydrogen (secondary N) is 5. The van der Waals surface area contributed by atoms with Crippen molar-refractivity contribution >= 4 is 42.0 Å². The summed E-state index contributed by atoms with van der Waals surface area (Å²) in [6.07, 6.45) is -1.43. The Morgan fingerprint density at radius 1 is 0.662 bits per heavy atom. The van der Waals surface area contributed by atoms with Gasteiger partial charge in [0.15, 0.2) is 0 Å². The van der Waals surface area contributed by atoms with Crippen LogP contribution in [0.2, 0.25) is 0 Å². The zero-order valence-electron chi connectivity index (χ0n) is 39.5. The predicted molar refractivity (Wildman–Crippen MR) is 243 cm³/mol. The van der Waals surface area contributed by atoms with E-state index in [1.807, 2.05) is 24.3 Å². The highest BCUT2D eigenvalue weighted by atomic mass is 16.6. The summed E-state index contributed by atoms with van der Waals surface area (Å²) in [4.78, 5) is 95.7. The number of carbonyl (C=O) groups is 7. The standard InChI is InChI=1S/C48H68N6O11/c1-45(2,3)63-42(59)49-29-18-17-25-36(40(57)54-30-27-48(28-31-54,41(58)62-10)53-44(61)65-47(7,8)9)51-38(55)35(26-19-24-33-20-13-11-14-21-33)50-39(56)37(32-34-22-15-12-16-23-34)52-43(60)64-46(4,5)6/h11-16,20-23,35-37H,17-18,25-32H2,1-10H3,(H,49,59)(H,50,56)(H,51,55)(H,52,60)(H,53,61)/t35-,36-,37-/m1/s1. The second kappa shape index (κ2) is 24.1. The molecule has 2 aromatic rings. The van der Waals surface area contributed by atoms with Crippen LogP contribution in [0.25, 0.3) is 0 Å². The number of piperidine rings is 1. The van der Waals surface area contributed by atoms with Gasteiger partial charge in [-0.25, -0.2) is 19.2 Å². The molecule has 17 nitrogen and oxygen atoms in total. The van der Waals surface area contributed by atoms with Gasteiger partial charge in [0, 0.05) is 38.0 Å². The van der Waals surface area contributed by atoms with Gasteiger partial charge in [-0.15, -0.1) is 0 Å². The van der Waals surface area contributed by atoms with Gasteiger partial charge < -0.3 is 50.4 Å². The lowest BCUT2D eigenvalue weighted by atomic mass is 9.87. The second-order valence-corrected chi connectivity index (χ2v) is 18.8. The zero-order valence-corrected chi connectivity index (χ0v) is 39.5. The number of unbranched alkanes of at least 4 members (excludes halogenated alkanes) is 1. The summed E-state index contributed by atoms with van der Waals surface area (Å²) >= 11 is 0. The molecule has 6 amide bonds. The van der Waals surface area contributed by atoms with Crippen molar-refractivity contribution in [2.24, 2.45) is 0 Å². The Kier molecular flexibility index (Phi) is 19.7. The lowest BCUT2D eigenvalue weighted by Gasteiger charge is -2.41. The summed E-state index contributed by atoms with van der Waals surface area (Å²) in [5, 5.41) is 13.6. The van der Waals surface area contributed by atoms with Gasteiger partial charge in [0.05, 0.1) is 7.11 Å². The van der Waals surface area contributed by atoms with Crippen molar-refractivity contribution in [2.45, 2.75) is 148 Å². The van der Waals surface area contributed by atoms with E-state index in [-0.39, 0.29) is 51.7 Å². The van der Waals surface area contributed by atoms with Crippen LogP contribution in [-0.4, -0.2) is 114 Å². The molecule has 356 valence electrons. The number of rotatable bonds is 16. The van der Waals surface area contributed by atoms with E-state index in [4.69, 9.17) is 18.9 Å².